The number of benzene rings is 2. The van der Waals surface area contributed by atoms with Gasteiger partial charge in [0.05, 0.1) is 29.8 Å². The van der Waals surface area contributed by atoms with E-state index in [0.717, 1.165) is 21.5 Å². The molecule has 27 heavy (non-hydrogen) atoms. The van der Waals surface area contributed by atoms with Gasteiger partial charge in [-0.15, -0.1) is 0 Å². The first-order valence-electron chi connectivity index (χ1n) is 8.51. The molecule has 1 atom stereocenters. The van der Waals surface area contributed by atoms with Crippen molar-refractivity contribution in [1.82, 2.24) is 10.3 Å². The Hall–Kier alpha value is -2.93. The zero-order chi connectivity index (χ0) is 19.4. The Bertz CT molecular complexity index is 920. The molecule has 1 aromatic heterocycles. The fourth-order valence-corrected chi connectivity index (χ4v) is 3.70. The molecule has 0 saturated heterocycles. The highest BCUT2D eigenvalue weighted by molar-refractivity contribution is 7.22. The first kappa shape index (κ1) is 18.8. The van der Waals surface area contributed by atoms with E-state index in [4.69, 9.17) is 4.74 Å². The predicted octanol–water partition coefficient (Wildman–Crippen LogP) is 3.54. The summed E-state index contributed by atoms with van der Waals surface area (Å²) in [6.45, 7) is 1.44. The van der Waals surface area contributed by atoms with Crippen molar-refractivity contribution in [2.24, 2.45) is 0 Å². The largest absolute Gasteiger partial charge is 0.497 e. The Labute approximate surface area is 161 Å². The summed E-state index contributed by atoms with van der Waals surface area (Å²) in [4.78, 5) is 30.5. The number of nitrogens with one attached hydrogen (secondary N) is 1. The van der Waals surface area contributed by atoms with E-state index in [0.29, 0.717) is 5.13 Å². The lowest BCUT2D eigenvalue weighted by Crippen LogP contribution is -2.33. The minimum atomic E-state index is -0.419. The smallest absolute Gasteiger partial charge is 0.230 e. The molecule has 140 valence electrons. The quantitative estimate of drug-likeness (QED) is 0.707. The van der Waals surface area contributed by atoms with Crippen LogP contribution in [0.1, 0.15) is 24.9 Å². The van der Waals surface area contributed by atoms with Crippen LogP contribution in [0.25, 0.3) is 10.2 Å². The molecule has 0 fully saturated rings. The number of anilines is 1. The summed E-state index contributed by atoms with van der Waals surface area (Å²) >= 11 is 1.47. The van der Waals surface area contributed by atoms with E-state index in [1.165, 1.54) is 18.3 Å². The molecule has 2 amide bonds. The standard InChI is InChI=1S/C20H21N3O3S/c1-13(24)21-17(14-8-10-15(26-3)11-9-14)12-19(25)23(2)20-22-16-6-4-5-7-18(16)27-20/h4-11,17H,12H2,1-3H3,(H,21,24). The number of amides is 2. The third-order valence-corrected chi connectivity index (χ3v) is 5.33. The van der Waals surface area contributed by atoms with Gasteiger partial charge in [-0.1, -0.05) is 35.6 Å². The average Bonchev–Trinajstić information content (AvgIpc) is 3.10. The fraction of sp³-hybridized carbons (Fsp3) is 0.250. The summed E-state index contributed by atoms with van der Waals surface area (Å²) in [5.41, 5.74) is 1.71. The molecule has 7 heteroatoms. The summed E-state index contributed by atoms with van der Waals surface area (Å²) in [7, 11) is 3.30. The van der Waals surface area contributed by atoms with Gasteiger partial charge in [-0.25, -0.2) is 4.98 Å². The van der Waals surface area contributed by atoms with Crippen molar-refractivity contribution in [1.29, 1.82) is 0 Å². The molecule has 0 aliphatic heterocycles. The van der Waals surface area contributed by atoms with Crippen LogP contribution in [-0.4, -0.2) is 31.0 Å². The van der Waals surface area contributed by atoms with E-state index < -0.39 is 6.04 Å². The van der Waals surface area contributed by atoms with E-state index >= 15 is 0 Å². The maximum Gasteiger partial charge on any atom is 0.230 e. The molecule has 0 bridgehead atoms. The van der Waals surface area contributed by atoms with E-state index in [9.17, 15) is 9.59 Å². The average molecular weight is 383 g/mol. The van der Waals surface area contributed by atoms with Crippen molar-refractivity contribution in [2.75, 3.05) is 19.1 Å². The molecule has 0 saturated carbocycles. The highest BCUT2D eigenvalue weighted by Crippen LogP contribution is 2.29. The number of aromatic nitrogens is 1. The van der Waals surface area contributed by atoms with Crippen LogP contribution >= 0.6 is 11.3 Å². The first-order valence-corrected chi connectivity index (χ1v) is 9.32. The van der Waals surface area contributed by atoms with Gasteiger partial charge in [0, 0.05) is 14.0 Å². The molecule has 6 nitrogen and oxygen atoms in total. The third-order valence-electron chi connectivity index (χ3n) is 4.22. The summed E-state index contributed by atoms with van der Waals surface area (Å²) in [5.74, 6) is 0.410. The van der Waals surface area contributed by atoms with Gasteiger partial charge in [0.1, 0.15) is 5.75 Å². The minimum Gasteiger partial charge on any atom is -0.497 e. The number of para-hydroxylation sites is 1. The summed E-state index contributed by atoms with van der Waals surface area (Å²) in [6.07, 6.45) is 0.137. The first-order chi connectivity index (χ1) is 13.0. The maximum absolute atomic E-state index is 12.8. The molecule has 1 heterocycles. The molecular formula is C20H21N3O3S. The molecule has 3 aromatic rings. The SMILES string of the molecule is COc1ccc(C(CC(=O)N(C)c2nc3ccccc3s2)NC(C)=O)cc1. The number of thiazole rings is 1. The lowest BCUT2D eigenvalue weighted by atomic mass is 10.0. The molecule has 0 aliphatic rings. The van der Waals surface area contributed by atoms with Crippen molar-refractivity contribution in [3.63, 3.8) is 0 Å². The highest BCUT2D eigenvalue weighted by atomic mass is 32.1. The van der Waals surface area contributed by atoms with Crippen LogP contribution < -0.4 is 15.0 Å². The number of fused-ring (bicyclic) bond motifs is 1. The molecule has 2 aromatic carbocycles. The summed E-state index contributed by atoms with van der Waals surface area (Å²) in [6, 6.07) is 14.7. The van der Waals surface area contributed by atoms with Crippen molar-refractivity contribution in [3.8, 4) is 5.75 Å². The van der Waals surface area contributed by atoms with Crippen LogP contribution in [0, 0.1) is 0 Å². The van der Waals surface area contributed by atoms with Crippen LogP contribution in [0.2, 0.25) is 0 Å². The Morgan fingerprint density at radius 3 is 2.52 bits per heavy atom. The van der Waals surface area contributed by atoms with Crippen molar-refractivity contribution in [2.45, 2.75) is 19.4 Å². The van der Waals surface area contributed by atoms with E-state index in [1.807, 2.05) is 48.5 Å². The second-order valence-electron chi connectivity index (χ2n) is 6.15. The Kier molecular flexibility index (Phi) is 5.71. The molecule has 0 aliphatic carbocycles. The molecule has 0 spiro atoms. The zero-order valence-electron chi connectivity index (χ0n) is 15.4. The molecular weight excluding hydrogens is 362 g/mol. The van der Waals surface area contributed by atoms with E-state index in [1.54, 1.807) is 19.1 Å². The zero-order valence-corrected chi connectivity index (χ0v) is 16.2. The van der Waals surface area contributed by atoms with Crippen molar-refractivity contribution in [3.05, 3.63) is 54.1 Å². The Morgan fingerprint density at radius 1 is 1.19 bits per heavy atom. The van der Waals surface area contributed by atoms with Gasteiger partial charge in [0.25, 0.3) is 0 Å². The number of rotatable bonds is 6. The van der Waals surface area contributed by atoms with Gasteiger partial charge < -0.3 is 10.1 Å². The van der Waals surface area contributed by atoms with Crippen LogP contribution in [-0.2, 0) is 9.59 Å². The normalized spacial score (nSPS) is 11.8. The maximum atomic E-state index is 12.8. The number of carbonyl (C=O) groups is 2. The second-order valence-corrected chi connectivity index (χ2v) is 7.16. The second kappa shape index (κ2) is 8.18. The molecule has 1 unspecified atom stereocenters. The van der Waals surface area contributed by atoms with Gasteiger partial charge in [-0.3, -0.25) is 14.5 Å². The lowest BCUT2D eigenvalue weighted by Gasteiger charge is -2.21. The van der Waals surface area contributed by atoms with Gasteiger partial charge in [-0.2, -0.15) is 0 Å². The Morgan fingerprint density at radius 2 is 1.89 bits per heavy atom. The molecule has 3 rings (SSSR count). The monoisotopic (exact) mass is 383 g/mol. The molecule has 0 radical (unpaired) electrons. The predicted molar refractivity (Wildman–Crippen MR) is 107 cm³/mol. The van der Waals surface area contributed by atoms with Crippen molar-refractivity contribution < 1.29 is 14.3 Å². The number of nitrogens with zero attached hydrogens (tertiary/aromatic N) is 2. The third kappa shape index (κ3) is 4.43. The fourth-order valence-electron chi connectivity index (χ4n) is 2.76. The van der Waals surface area contributed by atoms with Crippen LogP contribution in [0.3, 0.4) is 0 Å². The minimum absolute atomic E-state index is 0.122. The lowest BCUT2D eigenvalue weighted by molar-refractivity contribution is -0.121. The number of hydrogen-bond donors (Lipinski definition) is 1. The van der Waals surface area contributed by atoms with E-state index in [2.05, 4.69) is 10.3 Å². The van der Waals surface area contributed by atoms with Gasteiger partial charge in [0.15, 0.2) is 5.13 Å². The number of hydrogen-bond acceptors (Lipinski definition) is 5. The van der Waals surface area contributed by atoms with Gasteiger partial charge in [-0.05, 0) is 29.8 Å². The number of ether oxygens (including phenoxy) is 1. The van der Waals surface area contributed by atoms with Crippen LogP contribution in [0.4, 0.5) is 5.13 Å². The number of carbonyl (C=O) groups excluding carboxylic acids is 2. The summed E-state index contributed by atoms with van der Waals surface area (Å²) in [5, 5.41) is 3.49. The number of methoxy groups -OCH3 is 1. The highest BCUT2D eigenvalue weighted by Gasteiger charge is 2.22. The van der Waals surface area contributed by atoms with Gasteiger partial charge >= 0.3 is 0 Å². The van der Waals surface area contributed by atoms with Gasteiger partial charge in [0.2, 0.25) is 11.8 Å². The van der Waals surface area contributed by atoms with Crippen LogP contribution in [0.15, 0.2) is 48.5 Å². The Balaban J connectivity index is 1.79. The summed E-state index contributed by atoms with van der Waals surface area (Å²) < 4.78 is 6.20. The van der Waals surface area contributed by atoms with Crippen LogP contribution in [0.5, 0.6) is 5.75 Å². The molecule has 1 N–H and O–H groups in total. The van der Waals surface area contributed by atoms with E-state index in [-0.39, 0.29) is 18.2 Å². The topological polar surface area (TPSA) is 71.5 Å². The van der Waals surface area contributed by atoms with Crippen molar-refractivity contribution >= 4 is 38.5 Å².